The van der Waals surface area contributed by atoms with E-state index in [1.54, 1.807) is 0 Å². The van der Waals surface area contributed by atoms with Gasteiger partial charge in [0.1, 0.15) is 0 Å². The van der Waals surface area contributed by atoms with Crippen LogP contribution in [0.1, 0.15) is 57.8 Å². The van der Waals surface area contributed by atoms with Gasteiger partial charge in [-0.25, -0.2) is 0 Å². The van der Waals surface area contributed by atoms with E-state index in [4.69, 9.17) is 10.3 Å². The normalized spacial score (nSPS) is 15.2. The minimum atomic E-state index is -0.289. The van der Waals surface area contributed by atoms with Gasteiger partial charge >= 0.3 is 0 Å². The Morgan fingerprint density at radius 3 is 2.24 bits per heavy atom. The third kappa shape index (κ3) is 3.16. The Labute approximate surface area is 126 Å². The molecular weight excluding hydrogens is 262 g/mol. The number of nitrogens with two attached hydrogens (primary N) is 1. The third-order valence-corrected chi connectivity index (χ3v) is 4.07. The molecule has 2 aromatic rings. The van der Waals surface area contributed by atoms with E-state index >= 15 is 0 Å². The molecule has 1 aromatic heterocycles. The van der Waals surface area contributed by atoms with Crippen molar-refractivity contribution in [2.24, 2.45) is 11.7 Å². The summed E-state index contributed by atoms with van der Waals surface area (Å²) in [6, 6.07) is 10.2. The van der Waals surface area contributed by atoms with Gasteiger partial charge in [-0.1, -0.05) is 49.3 Å². The first-order chi connectivity index (χ1) is 9.84. The first-order valence-electron chi connectivity index (χ1n) is 7.49. The van der Waals surface area contributed by atoms with Gasteiger partial charge in [0.25, 0.3) is 0 Å². The zero-order valence-electron chi connectivity index (χ0n) is 13.5. The molecular formula is C17H25N3O. The Hall–Kier alpha value is -1.68. The molecule has 2 rings (SSSR count). The van der Waals surface area contributed by atoms with E-state index in [-0.39, 0.29) is 17.4 Å². The van der Waals surface area contributed by atoms with E-state index in [1.807, 2.05) is 25.1 Å². The molecule has 0 aliphatic carbocycles. The maximum Gasteiger partial charge on any atom is 0.231 e. The van der Waals surface area contributed by atoms with Gasteiger partial charge in [0, 0.05) is 6.04 Å². The van der Waals surface area contributed by atoms with Crippen molar-refractivity contribution in [2.75, 3.05) is 0 Å². The van der Waals surface area contributed by atoms with Crippen LogP contribution in [0.2, 0.25) is 0 Å². The molecule has 2 atom stereocenters. The van der Waals surface area contributed by atoms with Gasteiger partial charge in [0.05, 0.1) is 11.3 Å². The Balaban J connectivity index is 2.35. The minimum Gasteiger partial charge on any atom is -0.339 e. The van der Waals surface area contributed by atoms with Crippen molar-refractivity contribution in [2.45, 2.75) is 52.0 Å². The van der Waals surface area contributed by atoms with Gasteiger partial charge in [-0.15, -0.1) is 0 Å². The van der Waals surface area contributed by atoms with Gasteiger partial charge in [-0.2, -0.15) is 4.98 Å². The fourth-order valence-corrected chi connectivity index (χ4v) is 2.73. The third-order valence-electron chi connectivity index (χ3n) is 4.07. The first kappa shape index (κ1) is 15.7. The van der Waals surface area contributed by atoms with Crippen LogP contribution in [0.25, 0.3) is 0 Å². The van der Waals surface area contributed by atoms with Crippen molar-refractivity contribution in [3.05, 3.63) is 47.6 Å². The second kappa shape index (κ2) is 5.98. The Morgan fingerprint density at radius 1 is 1.10 bits per heavy atom. The van der Waals surface area contributed by atoms with E-state index in [1.165, 1.54) is 5.56 Å². The van der Waals surface area contributed by atoms with Crippen LogP contribution in [0.4, 0.5) is 0 Å². The predicted molar refractivity (Wildman–Crippen MR) is 84.1 cm³/mol. The van der Waals surface area contributed by atoms with Gasteiger partial charge in [-0.05, 0) is 32.3 Å². The SMILES string of the molecule is CC(C)C(c1nc(C(C)(C)c2ccccc2)no1)C(C)N. The molecule has 4 nitrogen and oxygen atoms in total. The summed E-state index contributed by atoms with van der Waals surface area (Å²) in [5, 5.41) is 4.21. The molecule has 1 aromatic carbocycles. The molecule has 0 spiro atoms. The lowest BCUT2D eigenvalue weighted by Gasteiger charge is -2.22. The van der Waals surface area contributed by atoms with Crippen LogP contribution in [0.15, 0.2) is 34.9 Å². The van der Waals surface area contributed by atoms with Crippen molar-refractivity contribution < 1.29 is 4.52 Å². The highest BCUT2D eigenvalue weighted by atomic mass is 16.5. The molecule has 2 unspecified atom stereocenters. The highest BCUT2D eigenvalue weighted by Gasteiger charge is 2.32. The fraction of sp³-hybridized carbons (Fsp3) is 0.529. The molecule has 0 bridgehead atoms. The number of benzene rings is 1. The molecule has 21 heavy (non-hydrogen) atoms. The average molecular weight is 287 g/mol. The fourth-order valence-electron chi connectivity index (χ4n) is 2.73. The first-order valence-corrected chi connectivity index (χ1v) is 7.49. The zero-order chi connectivity index (χ0) is 15.6. The number of hydrogen-bond donors (Lipinski definition) is 1. The summed E-state index contributed by atoms with van der Waals surface area (Å²) in [4.78, 5) is 4.64. The maximum atomic E-state index is 6.07. The number of hydrogen-bond acceptors (Lipinski definition) is 4. The molecule has 0 amide bonds. The number of aromatic nitrogens is 2. The molecule has 0 radical (unpaired) electrons. The number of rotatable bonds is 5. The summed E-state index contributed by atoms with van der Waals surface area (Å²) in [5.74, 6) is 1.78. The van der Waals surface area contributed by atoms with Gasteiger partial charge < -0.3 is 10.3 Å². The molecule has 0 saturated heterocycles. The Kier molecular flexibility index (Phi) is 4.47. The van der Waals surface area contributed by atoms with Crippen molar-refractivity contribution in [3.63, 3.8) is 0 Å². The van der Waals surface area contributed by atoms with E-state index in [9.17, 15) is 0 Å². The smallest absolute Gasteiger partial charge is 0.231 e. The van der Waals surface area contributed by atoms with Crippen molar-refractivity contribution in [1.82, 2.24) is 10.1 Å². The molecule has 1 heterocycles. The maximum absolute atomic E-state index is 6.07. The topological polar surface area (TPSA) is 64.9 Å². The average Bonchev–Trinajstić information content (AvgIpc) is 2.89. The summed E-state index contributed by atoms with van der Waals surface area (Å²) in [6.45, 7) is 10.4. The summed E-state index contributed by atoms with van der Waals surface area (Å²) in [5.41, 5.74) is 6.95. The van der Waals surface area contributed by atoms with E-state index in [2.05, 4.69) is 50.0 Å². The molecule has 114 valence electrons. The molecule has 2 N–H and O–H groups in total. The quantitative estimate of drug-likeness (QED) is 0.914. The molecule has 0 saturated carbocycles. The lowest BCUT2D eigenvalue weighted by molar-refractivity contribution is 0.297. The van der Waals surface area contributed by atoms with Crippen LogP contribution >= 0.6 is 0 Å². The van der Waals surface area contributed by atoms with E-state index in [0.717, 1.165) is 0 Å². The zero-order valence-corrected chi connectivity index (χ0v) is 13.5. The molecule has 4 heteroatoms. The predicted octanol–water partition coefficient (Wildman–Crippen LogP) is 3.48. The monoisotopic (exact) mass is 287 g/mol. The lowest BCUT2D eigenvalue weighted by Crippen LogP contribution is -2.29. The summed E-state index contributed by atoms with van der Waals surface area (Å²) in [7, 11) is 0. The second-order valence-electron chi connectivity index (χ2n) is 6.58. The van der Waals surface area contributed by atoms with Crippen LogP contribution in [0.3, 0.4) is 0 Å². The van der Waals surface area contributed by atoms with Crippen LogP contribution in [0, 0.1) is 5.92 Å². The van der Waals surface area contributed by atoms with Gasteiger partial charge in [0.15, 0.2) is 5.82 Å². The van der Waals surface area contributed by atoms with Crippen LogP contribution in [0.5, 0.6) is 0 Å². The Morgan fingerprint density at radius 2 is 1.71 bits per heavy atom. The molecule has 0 aliphatic rings. The van der Waals surface area contributed by atoms with Crippen molar-refractivity contribution in [1.29, 1.82) is 0 Å². The summed E-state index contributed by atoms with van der Waals surface area (Å²) >= 11 is 0. The minimum absolute atomic E-state index is 0.0156. The number of nitrogens with zero attached hydrogens (tertiary/aromatic N) is 2. The van der Waals surface area contributed by atoms with Crippen LogP contribution in [-0.2, 0) is 5.41 Å². The summed E-state index contributed by atoms with van der Waals surface area (Å²) < 4.78 is 5.52. The Bertz CT molecular complexity index is 565. The standard InChI is InChI=1S/C17H25N3O/c1-11(2)14(12(3)18)15-19-16(20-21-15)17(4,5)13-9-7-6-8-10-13/h6-12,14H,18H2,1-5H3. The van der Waals surface area contributed by atoms with Crippen LogP contribution in [-0.4, -0.2) is 16.2 Å². The highest BCUT2D eigenvalue weighted by Crippen LogP contribution is 2.32. The molecule has 0 fully saturated rings. The van der Waals surface area contributed by atoms with E-state index in [0.29, 0.717) is 17.6 Å². The lowest BCUT2D eigenvalue weighted by atomic mass is 9.84. The van der Waals surface area contributed by atoms with Gasteiger partial charge in [0.2, 0.25) is 5.89 Å². The van der Waals surface area contributed by atoms with E-state index < -0.39 is 0 Å². The largest absolute Gasteiger partial charge is 0.339 e. The van der Waals surface area contributed by atoms with Gasteiger partial charge in [-0.3, -0.25) is 0 Å². The highest BCUT2D eigenvalue weighted by molar-refractivity contribution is 5.30. The second-order valence-corrected chi connectivity index (χ2v) is 6.58. The molecule has 0 aliphatic heterocycles. The summed E-state index contributed by atoms with van der Waals surface area (Å²) in [6.07, 6.45) is 0. The van der Waals surface area contributed by atoms with Crippen LogP contribution < -0.4 is 5.73 Å². The van der Waals surface area contributed by atoms with Crippen molar-refractivity contribution in [3.8, 4) is 0 Å². The van der Waals surface area contributed by atoms with Crippen molar-refractivity contribution >= 4 is 0 Å².